The van der Waals surface area contributed by atoms with Crippen LogP contribution in [0.25, 0.3) is 0 Å². The van der Waals surface area contributed by atoms with Crippen LogP contribution < -0.4 is 0 Å². The molecule has 56 valence electrons. The topological polar surface area (TPSA) is 15.6 Å². The molecular weight excluding hydrogens is 212 g/mol. The maximum absolute atomic E-state index is 4.53. The Labute approximate surface area is 73.2 Å². The van der Waals surface area contributed by atoms with Crippen molar-refractivity contribution in [2.75, 3.05) is 24.2 Å². The van der Waals surface area contributed by atoms with Crippen molar-refractivity contribution in [3.8, 4) is 0 Å². The molecule has 0 saturated carbocycles. The summed E-state index contributed by atoms with van der Waals surface area (Å²) in [5, 5.41) is 2.28. The van der Waals surface area contributed by atoms with Crippen molar-refractivity contribution in [2.24, 2.45) is 4.99 Å². The number of aliphatic imine (C=N–C) groups is 1. The van der Waals surface area contributed by atoms with Crippen LogP contribution in [-0.2, 0) is 0 Å². The molecule has 1 saturated heterocycles. The van der Waals surface area contributed by atoms with Crippen molar-refractivity contribution in [1.82, 2.24) is 4.90 Å². The molecule has 0 radical (unpaired) electrons. The molecule has 0 aromatic heterocycles. The third-order valence-corrected chi connectivity index (χ3v) is 3.52. The van der Waals surface area contributed by atoms with Crippen LogP contribution in [0.5, 0.6) is 0 Å². The number of amidine groups is 1. The number of hydrogen-bond acceptors (Lipinski definition) is 3. The van der Waals surface area contributed by atoms with Gasteiger partial charge in [0, 0.05) is 24.2 Å². The van der Waals surface area contributed by atoms with Crippen LogP contribution in [0.2, 0.25) is 0 Å². The zero-order chi connectivity index (χ0) is 6.97. The fourth-order valence-electron chi connectivity index (χ4n) is 1.26. The number of halogens is 1. The summed E-state index contributed by atoms with van der Waals surface area (Å²) in [5.41, 5.74) is 0. The molecule has 1 fully saturated rings. The largest absolute Gasteiger partial charge is 0.348 e. The highest BCUT2D eigenvalue weighted by Gasteiger charge is 2.28. The van der Waals surface area contributed by atoms with Crippen molar-refractivity contribution < 1.29 is 0 Å². The Hall–Kier alpha value is 0.300. The molecular formula is C6H9BrN2S. The first kappa shape index (κ1) is 6.98. The number of fused-ring (bicyclic) bond motifs is 1. The maximum Gasteiger partial charge on any atom is 0.159 e. The van der Waals surface area contributed by atoms with Crippen LogP contribution in [0, 0.1) is 0 Å². The van der Waals surface area contributed by atoms with Crippen molar-refractivity contribution in [2.45, 2.75) is 6.04 Å². The molecule has 0 N–H and O–H groups in total. The molecule has 2 heterocycles. The van der Waals surface area contributed by atoms with Gasteiger partial charge in [-0.3, -0.25) is 4.99 Å². The van der Waals surface area contributed by atoms with Crippen molar-refractivity contribution in [1.29, 1.82) is 0 Å². The monoisotopic (exact) mass is 220 g/mol. The maximum atomic E-state index is 4.53. The lowest BCUT2D eigenvalue weighted by atomic mass is 10.4. The minimum absolute atomic E-state index is 0.516. The van der Waals surface area contributed by atoms with Crippen LogP contribution >= 0.6 is 27.7 Å². The summed E-state index contributed by atoms with van der Waals surface area (Å²) in [6, 6.07) is 0.516. The van der Waals surface area contributed by atoms with Gasteiger partial charge in [0.15, 0.2) is 5.17 Å². The van der Waals surface area contributed by atoms with E-state index in [1.165, 1.54) is 17.5 Å². The predicted molar refractivity (Wildman–Crippen MR) is 49.0 cm³/mol. The Balaban J connectivity index is 2.08. The summed E-state index contributed by atoms with van der Waals surface area (Å²) in [6.45, 7) is 2.33. The molecule has 4 heteroatoms. The molecule has 0 aromatic carbocycles. The van der Waals surface area contributed by atoms with Crippen molar-refractivity contribution >= 4 is 32.9 Å². The molecule has 10 heavy (non-hydrogen) atoms. The van der Waals surface area contributed by atoms with Gasteiger partial charge in [-0.2, -0.15) is 0 Å². The molecule has 0 spiro atoms. The van der Waals surface area contributed by atoms with Crippen molar-refractivity contribution in [3.63, 3.8) is 0 Å². The van der Waals surface area contributed by atoms with E-state index in [0.29, 0.717) is 6.04 Å². The molecule has 2 aliphatic heterocycles. The number of nitrogens with zero attached hydrogens (tertiary/aromatic N) is 2. The van der Waals surface area contributed by atoms with E-state index in [-0.39, 0.29) is 0 Å². The lowest BCUT2D eigenvalue weighted by Crippen LogP contribution is -2.24. The highest BCUT2D eigenvalue weighted by Crippen LogP contribution is 2.24. The fourth-order valence-corrected chi connectivity index (χ4v) is 2.67. The molecule has 1 unspecified atom stereocenters. The quantitative estimate of drug-likeness (QED) is 0.617. The zero-order valence-electron chi connectivity index (χ0n) is 5.59. The van der Waals surface area contributed by atoms with Crippen molar-refractivity contribution in [3.05, 3.63) is 0 Å². The van der Waals surface area contributed by atoms with Gasteiger partial charge in [-0.05, 0) is 0 Å². The van der Waals surface area contributed by atoms with Gasteiger partial charge in [0.2, 0.25) is 0 Å². The van der Waals surface area contributed by atoms with Crippen LogP contribution in [0.1, 0.15) is 0 Å². The first-order chi connectivity index (χ1) is 4.90. The Kier molecular flexibility index (Phi) is 1.91. The van der Waals surface area contributed by atoms with E-state index in [1.807, 2.05) is 11.8 Å². The molecule has 0 bridgehead atoms. The fraction of sp³-hybridized carbons (Fsp3) is 0.833. The Morgan fingerprint density at radius 1 is 1.80 bits per heavy atom. The summed E-state index contributed by atoms with van der Waals surface area (Å²) < 4.78 is 0. The lowest BCUT2D eigenvalue weighted by molar-refractivity contribution is 0.472. The summed E-state index contributed by atoms with van der Waals surface area (Å²) in [7, 11) is 0. The molecule has 2 rings (SSSR count). The van der Waals surface area contributed by atoms with Crippen LogP contribution in [-0.4, -0.2) is 40.3 Å². The minimum atomic E-state index is 0.516. The minimum Gasteiger partial charge on any atom is -0.348 e. The van der Waals surface area contributed by atoms with Gasteiger partial charge in [0.1, 0.15) is 0 Å². The summed E-state index contributed by atoms with van der Waals surface area (Å²) in [4.78, 5) is 6.90. The first-order valence-corrected chi connectivity index (χ1v) is 5.52. The number of rotatable bonds is 1. The zero-order valence-corrected chi connectivity index (χ0v) is 7.99. The average Bonchev–Trinajstić information content (AvgIpc) is 2.42. The molecule has 0 aliphatic carbocycles. The van der Waals surface area contributed by atoms with E-state index >= 15 is 0 Å². The lowest BCUT2D eigenvalue weighted by Gasteiger charge is -2.10. The van der Waals surface area contributed by atoms with E-state index in [4.69, 9.17) is 0 Å². The Morgan fingerprint density at radius 3 is 3.40 bits per heavy atom. The van der Waals surface area contributed by atoms with Gasteiger partial charge in [0.05, 0.1) is 6.04 Å². The third kappa shape index (κ3) is 1.07. The van der Waals surface area contributed by atoms with Gasteiger partial charge in [-0.15, -0.1) is 0 Å². The molecule has 0 amide bonds. The summed E-state index contributed by atoms with van der Waals surface area (Å²) in [5.74, 6) is 1.23. The Morgan fingerprint density at radius 2 is 2.70 bits per heavy atom. The number of hydrogen-bond donors (Lipinski definition) is 0. The number of thioether (sulfide) groups is 1. The first-order valence-electron chi connectivity index (χ1n) is 3.41. The summed E-state index contributed by atoms with van der Waals surface area (Å²) >= 11 is 5.33. The van der Waals surface area contributed by atoms with E-state index in [2.05, 4.69) is 25.8 Å². The molecule has 2 aliphatic rings. The SMILES string of the molecule is BrCC1CN2CCSC2=N1. The molecule has 0 aromatic rings. The standard InChI is InChI=1S/C6H9BrN2S/c7-3-5-4-9-1-2-10-6(9)8-5/h5H,1-4H2. The van der Waals surface area contributed by atoms with Gasteiger partial charge in [-0.1, -0.05) is 27.7 Å². The molecule has 1 atom stereocenters. The molecule has 2 nitrogen and oxygen atoms in total. The van der Waals surface area contributed by atoms with E-state index in [0.717, 1.165) is 11.9 Å². The highest BCUT2D eigenvalue weighted by atomic mass is 79.9. The highest BCUT2D eigenvalue weighted by molar-refractivity contribution is 9.09. The third-order valence-electron chi connectivity index (χ3n) is 1.77. The van der Waals surface area contributed by atoms with Gasteiger partial charge < -0.3 is 4.90 Å². The summed E-state index contributed by atoms with van der Waals surface area (Å²) in [6.07, 6.45) is 0. The second kappa shape index (κ2) is 2.74. The van der Waals surface area contributed by atoms with E-state index in [9.17, 15) is 0 Å². The predicted octanol–water partition coefficient (Wildman–Crippen LogP) is 1.17. The second-order valence-electron chi connectivity index (χ2n) is 2.51. The van der Waals surface area contributed by atoms with E-state index < -0.39 is 0 Å². The van der Waals surface area contributed by atoms with Gasteiger partial charge in [-0.25, -0.2) is 0 Å². The van der Waals surface area contributed by atoms with Gasteiger partial charge >= 0.3 is 0 Å². The van der Waals surface area contributed by atoms with Crippen LogP contribution in [0.4, 0.5) is 0 Å². The van der Waals surface area contributed by atoms with Gasteiger partial charge in [0.25, 0.3) is 0 Å². The average molecular weight is 221 g/mol. The second-order valence-corrected chi connectivity index (χ2v) is 4.22. The smallest absolute Gasteiger partial charge is 0.159 e. The van der Waals surface area contributed by atoms with E-state index in [1.54, 1.807) is 0 Å². The van der Waals surface area contributed by atoms with Crippen LogP contribution in [0.15, 0.2) is 4.99 Å². The Bertz CT molecular complexity index is 171. The number of alkyl halides is 1. The normalized spacial score (nSPS) is 30.7. The van der Waals surface area contributed by atoms with Crippen LogP contribution in [0.3, 0.4) is 0 Å².